The molecule has 10 heteroatoms. The van der Waals surface area contributed by atoms with Crippen LogP contribution in [0.5, 0.6) is 0 Å². The lowest BCUT2D eigenvalue weighted by Crippen LogP contribution is -2.48. The zero-order valence-electron chi connectivity index (χ0n) is 17.4. The van der Waals surface area contributed by atoms with Gasteiger partial charge in [0.25, 0.3) is 5.91 Å². The molecular weight excluding hydrogens is 414 g/mol. The molecule has 1 saturated heterocycles. The van der Waals surface area contributed by atoms with Crippen molar-refractivity contribution in [3.05, 3.63) is 47.4 Å². The van der Waals surface area contributed by atoms with E-state index in [1.54, 1.807) is 23.7 Å². The number of nitrogens with zero attached hydrogens (tertiary/aromatic N) is 7. The van der Waals surface area contributed by atoms with Crippen molar-refractivity contribution >= 4 is 28.3 Å². The van der Waals surface area contributed by atoms with Gasteiger partial charge in [0.2, 0.25) is 11.7 Å². The highest BCUT2D eigenvalue weighted by molar-refractivity contribution is 7.13. The Morgan fingerprint density at radius 2 is 2.06 bits per heavy atom. The highest BCUT2D eigenvalue weighted by atomic mass is 32.1. The predicted molar refractivity (Wildman–Crippen MR) is 117 cm³/mol. The van der Waals surface area contributed by atoms with E-state index in [1.807, 2.05) is 33.2 Å². The maximum atomic E-state index is 13.0. The number of carbonyl (C=O) groups excluding carboxylic acids is 1. The minimum atomic E-state index is 0.00381. The van der Waals surface area contributed by atoms with Gasteiger partial charge in [0.1, 0.15) is 0 Å². The van der Waals surface area contributed by atoms with Gasteiger partial charge in [-0.3, -0.25) is 9.69 Å². The maximum Gasteiger partial charge on any atom is 0.255 e. The van der Waals surface area contributed by atoms with Crippen LogP contribution >= 0.6 is 11.3 Å². The van der Waals surface area contributed by atoms with E-state index in [1.165, 1.54) is 0 Å². The molecule has 1 aliphatic rings. The van der Waals surface area contributed by atoms with Crippen molar-refractivity contribution in [3.63, 3.8) is 0 Å². The summed E-state index contributed by atoms with van der Waals surface area (Å²) in [6, 6.07) is 6.05. The minimum absolute atomic E-state index is 0.00381. The Balaban J connectivity index is 1.20. The molecule has 1 amide bonds. The van der Waals surface area contributed by atoms with Gasteiger partial charge in [-0.05, 0) is 31.4 Å². The molecule has 0 radical (unpaired) electrons. The number of thiophene rings is 1. The average molecular weight is 438 g/mol. The normalized spacial score (nSPS) is 15.3. The van der Waals surface area contributed by atoms with E-state index in [4.69, 9.17) is 4.52 Å². The Morgan fingerprint density at radius 3 is 2.81 bits per heavy atom. The second-order valence-corrected chi connectivity index (χ2v) is 8.82. The molecule has 0 saturated carbocycles. The Hall–Kier alpha value is -3.11. The van der Waals surface area contributed by atoms with Gasteiger partial charge in [-0.2, -0.15) is 10.1 Å². The Kier molecular flexibility index (Phi) is 5.24. The lowest BCUT2D eigenvalue weighted by Gasteiger charge is -2.33. The SMILES string of the molecule is CC(C)n1ncc2cc(C(=O)N3CCN(Cc4nc(-c5cccs5)no4)CC3)cnc21. The number of aromatic nitrogens is 5. The fraction of sp³-hybridized carbons (Fsp3) is 0.381. The van der Waals surface area contributed by atoms with Crippen LogP contribution in [-0.4, -0.2) is 66.8 Å². The maximum absolute atomic E-state index is 13.0. The second kappa shape index (κ2) is 8.20. The molecule has 0 aromatic carbocycles. The predicted octanol–water partition coefficient (Wildman–Crippen LogP) is 3.08. The number of fused-ring (bicyclic) bond motifs is 1. The minimum Gasteiger partial charge on any atom is -0.338 e. The summed E-state index contributed by atoms with van der Waals surface area (Å²) < 4.78 is 7.27. The third-order valence-corrected chi connectivity index (χ3v) is 6.26. The number of piperazine rings is 1. The summed E-state index contributed by atoms with van der Waals surface area (Å²) in [4.78, 5) is 27.1. The molecule has 0 bridgehead atoms. The summed E-state index contributed by atoms with van der Waals surface area (Å²) in [5.41, 5.74) is 1.40. The van der Waals surface area contributed by atoms with Gasteiger partial charge >= 0.3 is 0 Å². The number of amides is 1. The largest absolute Gasteiger partial charge is 0.338 e. The summed E-state index contributed by atoms with van der Waals surface area (Å²) in [5, 5.41) is 11.3. The van der Waals surface area contributed by atoms with Crippen LogP contribution in [0.15, 0.2) is 40.5 Å². The van der Waals surface area contributed by atoms with Gasteiger partial charge in [-0.1, -0.05) is 11.2 Å². The molecule has 0 N–H and O–H groups in total. The van der Waals surface area contributed by atoms with E-state index in [0.717, 1.165) is 29.0 Å². The van der Waals surface area contributed by atoms with E-state index < -0.39 is 0 Å². The summed E-state index contributed by atoms with van der Waals surface area (Å²) in [5.74, 6) is 1.23. The van der Waals surface area contributed by atoms with Gasteiger partial charge < -0.3 is 9.42 Å². The van der Waals surface area contributed by atoms with Crippen molar-refractivity contribution in [2.45, 2.75) is 26.4 Å². The molecule has 1 aliphatic heterocycles. The molecule has 31 heavy (non-hydrogen) atoms. The second-order valence-electron chi connectivity index (χ2n) is 7.88. The first-order chi connectivity index (χ1) is 15.1. The van der Waals surface area contributed by atoms with Crippen LogP contribution in [0.2, 0.25) is 0 Å². The molecule has 0 unspecified atom stereocenters. The molecule has 5 rings (SSSR count). The number of pyridine rings is 1. The van der Waals surface area contributed by atoms with E-state index >= 15 is 0 Å². The van der Waals surface area contributed by atoms with E-state index in [9.17, 15) is 4.79 Å². The van der Waals surface area contributed by atoms with Gasteiger partial charge in [-0.25, -0.2) is 9.67 Å². The Labute approximate surface area is 183 Å². The van der Waals surface area contributed by atoms with Crippen LogP contribution in [0.3, 0.4) is 0 Å². The highest BCUT2D eigenvalue weighted by Crippen LogP contribution is 2.22. The summed E-state index contributed by atoms with van der Waals surface area (Å²) in [6.07, 6.45) is 3.42. The Morgan fingerprint density at radius 1 is 1.23 bits per heavy atom. The van der Waals surface area contributed by atoms with E-state index in [2.05, 4.69) is 39.0 Å². The van der Waals surface area contributed by atoms with Crippen LogP contribution in [0.4, 0.5) is 0 Å². The molecule has 0 spiro atoms. The lowest BCUT2D eigenvalue weighted by atomic mass is 10.2. The van der Waals surface area contributed by atoms with Gasteiger partial charge in [0.15, 0.2) is 5.65 Å². The standard InChI is InChI=1S/C21H23N7O2S/c1-14(2)28-20-15(12-23-28)10-16(11-22-20)21(29)27-7-5-26(6-8-27)13-18-24-19(25-30-18)17-4-3-9-31-17/h3-4,9-12,14H,5-8,13H2,1-2H3. The average Bonchev–Trinajstić information content (AvgIpc) is 3.53. The topological polar surface area (TPSA) is 93.2 Å². The molecule has 160 valence electrons. The summed E-state index contributed by atoms with van der Waals surface area (Å²) in [6.45, 7) is 7.51. The Bertz CT molecular complexity index is 1190. The molecule has 0 aliphatic carbocycles. The monoisotopic (exact) mass is 437 g/mol. The first-order valence-corrected chi connectivity index (χ1v) is 11.2. The number of rotatable bonds is 5. The fourth-order valence-electron chi connectivity index (χ4n) is 3.74. The molecule has 9 nitrogen and oxygen atoms in total. The smallest absolute Gasteiger partial charge is 0.255 e. The van der Waals surface area contributed by atoms with Crippen LogP contribution in [0.25, 0.3) is 21.7 Å². The summed E-state index contributed by atoms with van der Waals surface area (Å²) in [7, 11) is 0. The van der Waals surface area contributed by atoms with Crippen molar-refractivity contribution < 1.29 is 9.32 Å². The summed E-state index contributed by atoms with van der Waals surface area (Å²) >= 11 is 1.59. The van der Waals surface area contributed by atoms with Crippen molar-refractivity contribution in [1.82, 2.24) is 34.7 Å². The van der Waals surface area contributed by atoms with Crippen molar-refractivity contribution in [2.75, 3.05) is 26.2 Å². The van der Waals surface area contributed by atoms with Crippen LogP contribution in [-0.2, 0) is 6.54 Å². The van der Waals surface area contributed by atoms with Crippen molar-refractivity contribution in [3.8, 4) is 10.7 Å². The van der Waals surface area contributed by atoms with E-state index in [-0.39, 0.29) is 11.9 Å². The van der Waals surface area contributed by atoms with Crippen LogP contribution in [0.1, 0.15) is 36.1 Å². The number of hydrogen-bond acceptors (Lipinski definition) is 8. The van der Waals surface area contributed by atoms with E-state index in [0.29, 0.717) is 36.9 Å². The zero-order valence-corrected chi connectivity index (χ0v) is 18.2. The van der Waals surface area contributed by atoms with Crippen molar-refractivity contribution in [1.29, 1.82) is 0 Å². The molecule has 4 aromatic rings. The van der Waals surface area contributed by atoms with Gasteiger partial charge in [0, 0.05) is 43.8 Å². The number of hydrogen-bond donors (Lipinski definition) is 0. The lowest BCUT2D eigenvalue weighted by molar-refractivity contribution is 0.0615. The van der Waals surface area contributed by atoms with Crippen LogP contribution < -0.4 is 0 Å². The first kappa shape index (κ1) is 19.8. The fourth-order valence-corrected chi connectivity index (χ4v) is 4.39. The molecule has 0 atom stereocenters. The molecule has 4 aromatic heterocycles. The van der Waals surface area contributed by atoms with Crippen molar-refractivity contribution in [2.24, 2.45) is 0 Å². The number of carbonyl (C=O) groups is 1. The zero-order chi connectivity index (χ0) is 21.4. The van der Waals surface area contributed by atoms with Crippen LogP contribution in [0, 0.1) is 0 Å². The third-order valence-electron chi connectivity index (χ3n) is 5.40. The third kappa shape index (κ3) is 3.96. The van der Waals surface area contributed by atoms with Gasteiger partial charge in [-0.15, -0.1) is 11.3 Å². The quantitative estimate of drug-likeness (QED) is 0.474. The molecular formula is C21H23N7O2S. The highest BCUT2D eigenvalue weighted by Gasteiger charge is 2.24. The first-order valence-electron chi connectivity index (χ1n) is 10.3. The van der Waals surface area contributed by atoms with Gasteiger partial charge in [0.05, 0.1) is 23.2 Å². The molecule has 5 heterocycles. The molecule has 1 fully saturated rings.